The van der Waals surface area contributed by atoms with Crippen molar-refractivity contribution in [1.29, 1.82) is 0 Å². The van der Waals surface area contributed by atoms with Crippen molar-refractivity contribution >= 4 is 5.91 Å². The summed E-state index contributed by atoms with van der Waals surface area (Å²) in [7, 11) is 1.65. The van der Waals surface area contributed by atoms with Gasteiger partial charge in [-0.05, 0) is 31.2 Å². The van der Waals surface area contributed by atoms with Gasteiger partial charge in [-0.3, -0.25) is 4.79 Å². The van der Waals surface area contributed by atoms with Gasteiger partial charge in [0.15, 0.2) is 0 Å². The fourth-order valence-electron chi connectivity index (χ4n) is 1.67. The van der Waals surface area contributed by atoms with Crippen molar-refractivity contribution < 1.29 is 9.53 Å². The summed E-state index contributed by atoms with van der Waals surface area (Å²) in [4.78, 5) is 13.7. The van der Waals surface area contributed by atoms with E-state index in [2.05, 4.69) is 5.32 Å². The minimum Gasteiger partial charge on any atom is -0.497 e. The highest BCUT2D eigenvalue weighted by Crippen LogP contribution is 2.12. The minimum atomic E-state index is 0.134. The average Bonchev–Trinajstić information content (AvgIpc) is 2.42. The number of likely N-dealkylation sites (N-methyl/N-ethyl adjacent to an activating group) is 2. The van der Waals surface area contributed by atoms with Crippen molar-refractivity contribution in [1.82, 2.24) is 10.2 Å². The summed E-state index contributed by atoms with van der Waals surface area (Å²) in [5.74, 6) is 0.968. The first-order valence-electron chi connectivity index (χ1n) is 6.32. The van der Waals surface area contributed by atoms with E-state index in [0.717, 1.165) is 24.4 Å². The van der Waals surface area contributed by atoms with E-state index in [1.165, 1.54) is 0 Å². The Kier molecular flexibility index (Phi) is 6.22. The zero-order valence-corrected chi connectivity index (χ0v) is 11.4. The first-order chi connectivity index (χ1) is 8.71. The van der Waals surface area contributed by atoms with E-state index in [9.17, 15) is 4.79 Å². The van der Waals surface area contributed by atoms with E-state index >= 15 is 0 Å². The highest BCUT2D eigenvalue weighted by Gasteiger charge is 2.11. The number of ether oxygens (including phenoxy) is 1. The Morgan fingerprint density at radius 2 is 1.94 bits per heavy atom. The molecule has 0 atom stereocenters. The zero-order chi connectivity index (χ0) is 13.4. The second-order valence-electron chi connectivity index (χ2n) is 4.04. The molecule has 0 heterocycles. The second-order valence-corrected chi connectivity index (χ2v) is 4.04. The molecule has 0 aromatic heterocycles. The SMILES string of the molecule is CCNCC(=O)N(CC)Cc1ccc(OC)cc1. The molecule has 1 aromatic rings. The third-order valence-electron chi connectivity index (χ3n) is 2.79. The summed E-state index contributed by atoms with van der Waals surface area (Å²) in [6.45, 7) is 6.56. The standard InChI is InChI=1S/C14H22N2O2/c1-4-15-10-14(17)16(5-2)11-12-6-8-13(18-3)9-7-12/h6-9,15H,4-5,10-11H2,1-3H3. The van der Waals surface area contributed by atoms with Crippen LogP contribution >= 0.6 is 0 Å². The highest BCUT2D eigenvalue weighted by molar-refractivity contribution is 5.78. The predicted octanol–water partition coefficient (Wildman–Crippen LogP) is 1.65. The summed E-state index contributed by atoms with van der Waals surface area (Å²) in [6, 6.07) is 7.81. The molecule has 0 saturated heterocycles. The zero-order valence-electron chi connectivity index (χ0n) is 11.4. The summed E-state index contributed by atoms with van der Waals surface area (Å²) in [6.07, 6.45) is 0. The van der Waals surface area contributed by atoms with Gasteiger partial charge in [0.25, 0.3) is 0 Å². The summed E-state index contributed by atoms with van der Waals surface area (Å²) < 4.78 is 5.11. The Labute approximate surface area is 109 Å². The molecule has 0 aliphatic heterocycles. The number of benzene rings is 1. The lowest BCUT2D eigenvalue weighted by Crippen LogP contribution is -2.37. The number of carbonyl (C=O) groups excluding carboxylic acids is 1. The Bertz CT molecular complexity index is 363. The molecule has 0 unspecified atom stereocenters. The fraction of sp³-hybridized carbons (Fsp3) is 0.500. The van der Waals surface area contributed by atoms with E-state index < -0.39 is 0 Å². The molecule has 0 saturated carbocycles. The quantitative estimate of drug-likeness (QED) is 0.800. The molecule has 0 fully saturated rings. The topological polar surface area (TPSA) is 41.6 Å². The van der Waals surface area contributed by atoms with E-state index in [1.807, 2.05) is 43.0 Å². The molecule has 4 heteroatoms. The van der Waals surface area contributed by atoms with Gasteiger partial charge in [-0.15, -0.1) is 0 Å². The average molecular weight is 250 g/mol. The van der Waals surface area contributed by atoms with Crippen LogP contribution in [-0.4, -0.2) is 37.6 Å². The van der Waals surface area contributed by atoms with Crippen LogP contribution in [0.25, 0.3) is 0 Å². The molecular weight excluding hydrogens is 228 g/mol. The molecule has 0 spiro atoms. The largest absolute Gasteiger partial charge is 0.497 e. The van der Waals surface area contributed by atoms with E-state index in [4.69, 9.17) is 4.74 Å². The molecule has 100 valence electrons. The van der Waals surface area contributed by atoms with Crippen LogP contribution in [0.15, 0.2) is 24.3 Å². The third-order valence-corrected chi connectivity index (χ3v) is 2.79. The Morgan fingerprint density at radius 3 is 2.44 bits per heavy atom. The summed E-state index contributed by atoms with van der Waals surface area (Å²) in [5.41, 5.74) is 1.11. The molecule has 1 rings (SSSR count). The van der Waals surface area contributed by atoms with Crippen molar-refractivity contribution in [3.8, 4) is 5.75 Å². The number of amides is 1. The smallest absolute Gasteiger partial charge is 0.236 e. The van der Waals surface area contributed by atoms with Crippen molar-refractivity contribution in [2.45, 2.75) is 20.4 Å². The van der Waals surface area contributed by atoms with Crippen LogP contribution in [0.2, 0.25) is 0 Å². The van der Waals surface area contributed by atoms with Gasteiger partial charge in [-0.2, -0.15) is 0 Å². The lowest BCUT2D eigenvalue weighted by atomic mass is 10.2. The Morgan fingerprint density at radius 1 is 1.28 bits per heavy atom. The van der Waals surface area contributed by atoms with Crippen LogP contribution in [0.1, 0.15) is 19.4 Å². The van der Waals surface area contributed by atoms with Crippen LogP contribution in [-0.2, 0) is 11.3 Å². The third kappa shape index (κ3) is 4.37. The summed E-state index contributed by atoms with van der Waals surface area (Å²) in [5, 5.41) is 3.06. The van der Waals surface area contributed by atoms with Gasteiger partial charge in [-0.1, -0.05) is 19.1 Å². The van der Waals surface area contributed by atoms with Gasteiger partial charge >= 0.3 is 0 Å². The minimum absolute atomic E-state index is 0.134. The van der Waals surface area contributed by atoms with Crippen LogP contribution in [0.3, 0.4) is 0 Å². The van der Waals surface area contributed by atoms with E-state index in [0.29, 0.717) is 13.1 Å². The maximum Gasteiger partial charge on any atom is 0.236 e. The maximum atomic E-state index is 11.9. The van der Waals surface area contributed by atoms with Gasteiger partial charge in [0, 0.05) is 13.1 Å². The molecule has 0 bridgehead atoms. The van der Waals surface area contributed by atoms with Crippen molar-refractivity contribution in [3.63, 3.8) is 0 Å². The maximum absolute atomic E-state index is 11.9. The van der Waals surface area contributed by atoms with Gasteiger partial charge in [0.2, 0.25) is 5.91 Å². The molecule has 4 nitrogen and oxygen atoms in total. The second kappa shape index (κ2) is 7.71. The number of nitrogens with one attached hydrogen (secondary N) is 1. The normalized spacial score (nSPS) is 10.2. The summed E-state index contributed by atoms with van der Waals surface area (Å²) >= 11 is 0. The lowest BCUT2D eigenvalue weighted by Gasteiger charge is -2.21. The number of hydrogen-bond donors (Lipinski definition) is 1. The van der Waals surface area contributed by atoms with Gasteiger partial charge in [0.1, 0.15) is 5.75 Å². The van der Waals surface area contributed by atoms with E-state index in [1.54, 1.807) is 7.11 Å². The molecule has 1 amide bonds. The van der Waals surface area contributed by atoms with Crippen molar-refractivity contribution in [2.75, 3.05) is 26.7 Å². The van der Waals surface area contributed by atoms with Gasteiger partial charge < -0.3 is 15.0 Å². The van der Waals surface area contributed by atoms with Crippen LogP contribution in [0, 0.1) is 0 Å². The number of carbonyl (C=O) groups is 1. The van der Waals surface area contributed by atoms with E-state index in [-0.39, 0.29) is 5.91 Å². The Balaban J connectivity index is 2.58. The number of nitrogens with zero attached hydrogens (tertiary/aromatic N) is 1. The van der Waals surface area contributed by atoms with Crippen LogP contribution < -0.4 is 10.1 Å². The Hall–Kier alpha value is -1.55. The lowest BCUT2D eigenvalue weighted by molar-refractivity contribution is -0.130. The van der Waals surface area contributed by atoms with Crippen molar-refractivity contribution in [2.24, 2.45) is 0 Å². The molecule has 0 radical (unpaired) electrons. The highest BCUT2D eigenvalue weighted by atomic mass is 16.5. The number of rotatable bonds is 7. The molecular formula is C14H22N2O2. The van der Waals surface area contributed by atoms with Crippen LogP contribution in [0.4, 0.5) is 0 Å². The van der Waals surface area contributed by atoms with Crippen molar-refractivity contribution in [3.05, 3.63) is 29.8 Å². The molecule has 1 N–H and O–H groups in total. The van der Waals surface area contributed by atoms with Gasteiger partial charge in [-0.25, -0.2) is 0 Å². The number of methoxy groups -OCH3 is 1. The monoisotopic (exact) mass is 250 g/mol. The fourth-order valence-corrected chi connectivity index (χ4v) is 1.67. The number of hydrogen-bond acceptors (Lipinski definition) is 3. The van der Waals surface area contributed by atoms with Crippen LogP contribution in [0.5, 0.6) is 5.75 Å². The first kappa shape index (κ1) is 14.5. The van der Waals surface area contributed by atoms with Gasteiger partial charge in [0.05, 0.1) is 13.7 Å². The molecule has 18 heavy (non-hydrogen) atoms. The molecule has 0 aliphatic rings. The molecule has 1 aromatic carbocycles. The molecule has 0 aliphatic carbocycles. The first-order valence-corrected chi connectivity index (χ1v) is 6.32. The predicted molar refractivity (Wildman–Crippen MR) is 72.6 cm³/mol.